The van der Waals surface area contributed by atoms with Gasteiger partial charge in [0.2, 0.25) is 5.91 Å². The molecule has 1 aromatic carbocycles. The molecule has 1 saturated heterocycles. The van der Waals surface area contributed by atoms with E-state index >= 15 is 0 Å². The van der Waals surface area contributed by atoms with Gasteiger partial charge in [-0.2, -0.15) is 0 Å². The minimum atomic E-state index is -3.04. The zero-order valence-electron chi connectivity index (χ0n) is 17.1. The van der Waals surface area contributed by atoms with Crippen LogP contribution in [-0.4, -0.2) is 63.8 Å². The molecule has 1 fully saturated rings. The number of nitrogens with zero attached hydrogens (tertiary/aromatic N) is 4. The van der Waals surface area contributed by atoms with Crippen molar-refractivity contribution in [1.82, 2.24) is 19.7 Å². The van der Waals surface area contributed by atoms with E-state index in [1.807, 2.05) is 55.7 Å². The molecule has 1 aromatic heterocycles. The fourth-order valence-electron chi connectivity index (χ4n) is 3.56. The normalized spacial score (nSPS) is 18.3. The lowest BCUT2D eigenvalue weighted by molar-refractivity contribution is -0.130. The van der Waals surface area contributed by atoms with Crippen LogP contribution in [0.25, 0.3) is 11.4 Å². The predicted octanol–water partition coefficient (Wildman–Crippen LogP) is 2.73. The van der Waals surface area contributed by atoms with Crippen molar-refractivity contribution in [3.05, 3.63) is 30.3 Å². The number of rotatable bonds is 8. The lowest BCUT2D eigenvalue weighted by Gasteiger charge is -2.29. The number of sulfone groups is 1. The minimum Gasteiger partial charge on any atom is -0.338 e. The van der Waals surface area contributed by atoms with Crippen molar-refractivity contribution in [3.63, 3.8) is 0 Å². The van der Waals surface area contributed by atoms with E-state index in [0.717, 1.165) is 11.4 Å². The lowest BCUT2D eigenvalue weighted by Crippen LogP contribution is -2.44. The van der Waals surface area contributed by atoms with Gasteiger partial charge in [-0.05, 0) is 19.3 Å². The minimum absolute atomic E-state index is 0.0438. The van der Waals surface area contributed by atoms with Gasteiger partial charge in [-0.25, -0.2) is 8.42 Å². The van der Waals surface area contributed by atoms with Gasteiger partial charge in [-0.1, -0.05) is 55.9 Å². The number of thioether (sulfide) groups is 1. The van der Waals surface area contributed by atoms with E-state index < -0.39 is 9.84 Å². The molecule has 0 bridgehead atoms. The molecule has 29 heavy (non-hydrogen) atoms. The van der Waals surface area contributed by atoms with E-state index in [4.69, 9.17) is 0 Å². The van der Waals surface area contributed by atoms with Crippen molar-refractivity contribution in [2.45, 2.75) is 44.9 Å². The molecule has 158 valence electrons. The highest BCUT2D eigenvalue weighted by molar-refractivity contribution is 7.99. The monoisotopic (exact) mass is 436 g/mol. The van der Waals surface area contributed by atoms with Crippen molar-refractivity contribution in [2.24, 2.45) is 5.92 Å². The van der Waals surface area contributed by atoms with Gasteiger partial charge < -0.3 is 9.47 Å². The van der Waals surface area contributed by atoms with Crippen LogP contribution in [0.15, 0.2) is 35.5 Å². The number of carbonyl (C=O) groups is 1. The Balaban J connectivity index is 1.72. The number of aromatic nitrogens is 3. The summed E-state index contributed by atoms with van der Waals surface area (Å²) in [5, 5.41) is 9.30. The Bertz CT molecular complexity index is 942. The Hall–Kier alpha value is -1.87. The standard InChI is InChI=1S/C20H28N4O3S2/c1-4-23-19(16-8-6-5-7-9-16)21-22-20(23)28-13-18(25)24(12-15(2)3)17-10-11-29(26,27)14-17/h5-9,15,17H,4,10-14H2,1-3H3. The molecule has 1 aliphatic heterocycles. The predicted molar refractivity (Wildman–Crippen MR) is 115 cm³/mol. The molecule has 2 aromatic rings. The lowest BCUT2D eigenvalue weighted by atomic mass is 10.1. The van der Waals surface area contributed by atoms with Crippen molar-refractivity contribution < 1.29 is 13.2 Å². The summed E-state index contributed by atoms with van der Waals surface area (Å²) in [6.07, 6.45) is 0.523. The Morgan fingerprint density at radius 1 is 1.28 bits per heavy atom. The van der Waals surface area contributed by atoms with Gasteiger partial charge in [-0.15, -0.1) is 10.2 Å². The Morgan fingerprint density at radius 3 is 2.59 bits per heavy atom. The zero-order chi connectivity index (χ0) is 21.0. The van der Waals surface area contributed by atoms with E-state index in [-0.39, 0.29) is 35.1 Å². The molecule has 3 rings (SSSR count). The molecule has 1 unspecified atom stereocenters. The van der Waals surface area contributed by atoms with Crippen molar-refractivity contribution in [1.29, 1.82) is 0 Å². The zero-order valence-corrected chi connectivity index (χ0v) is 18.7. The molecule has 0 spiro atoms. The SMILES string of the molecule is CCn1c(SCC(=O)N(CC(C)C)C2CCS(=O)(=O)C2)nnc1-c1ccccc1. The number of carbonyl (C=O) groups excluding carboxylic acids is 1. The molecule has 1 atom stereocenters. The van der Waals surface area contributed by atoms with Gasteiger partial charge in [0.25, 0.3) is 0 Å². The van der Waals surface area contributed by atoms with Crippen LogP contribution in [0, 0.1) is 5.92 Å². The van der Waals surface area contributed by atoms with Crippen LogP contribution in [0.4, 0.5) is 0 Å². The second kappa shape index (κ2) is 9.30. The Morgan fingerprint density at radius 2 is 2.00 bits per heavy atom. The van der Waals surface area contributed by atoms with Crippen LogP contribution in [0.5, 0.6) is 0 Å². The number of hydrogen-bond donors (Lipinski definition) is 0. The summed E-state index contributed by atoms with van der Waals surface area (Å²) in [5.41, 5.74) is 0.984. The first-order chi connectivity index (χ1) is 13.8. The maximum atomic E-state index is 13.0. The van der Waals surface area contributed by atoms with Crippen LogP contribution in [-0.2, 0) is 21.2 Å². The van der Waals surface area contributed by atoms with Gasteiger partial charge in [0, 0.05) is 24.7 Å². The van der Waals surface area contributed by atoms with Crippen molar-refractivity contribution in [2.75, 3.05) is 23.8 Å². The van der Waals surface area contributed by atoms with Crippen LogP contribution in [0.1, 0.15) is 27.2 Å². The summed E-state index contributed by atoms with van der Waals surface area (Å²) in [7, 11) is -3.04. The Labute approximate surface area is 176 Å². The first-order valence-electron chi connectivity index (χ1n) is 9.92. The molecule has 0 radical (unpaired) electrons. The number of hydrogen-bond acceptors (Lipinski definition) is 6. The smallest absolute Gasteiger partial charge is 0.233 e. The molecular formula is C20H28N4O3S2. The second-order valence-corrected chi connectivity index (χ2v) is 10.9. The van der Waals surface area contributed by atoms with E-state index in [9.17, 15) is 13.2 Å². The number of benzene rings is 1. The summed E-state index contributed by atoms with van der Waals surface area (Å²) in [4.78, 5) is 14.7. The van der Waals surface area contributed by atoms with Gasteiger partial charge in [0.15, 0.2) is 20.8 Å². The third-order valence-corrected chi connectivity index (χ3v) is 7.62. The molecular weight excluding hydrogens is 408 g/mol. The quantitative estimate of drug-likeness (QED) is 0.592. The molecule has 1 aliphatic rings. The summed E-state index contributed by atoms with van der Waals surface area (Å²) in [6, 6.07) is 9.62. The van der Waals surface area contributed by atoms with E-state index in [1.165, 1.54) is 11.8 Å². The molecule has 0 saturated carbocycles. The van der Waals surface area contributed by atoms with Crippen molar-refractivity contribution in [3.8, 4) is 11.4 Å². The van der Waals surface area contributed by atoms with Crippen LogP contribution >= 0.6 is 11.8 Å². The van der Waals surface area contributed by atoms with Gasteiger partial charge in [0.05, 0.1) is 17.3 Å². The van der Waals surface area contributed by atoms with Gasteiger partial charge >= 0.3 is 0 Å². The summed E-state index contributed by atoms with van der Waals surface area (Å²) < 4.78 is 25.8. The molecule has 7 nitrogen and oxygen atoms in total. The fraction of sp³-hybridized carbons (Fsp3) is 0.550. The third kappa shape index (κ3) is 5.39. The van der Waals surface area contributed by atoms with E-state index in [0.29, 0.717) is 24.7 Å². The van der Waals surface area contributed by atoms with Crippen LogP contribution in [0.3, 0.4) is 0 Å². The van der Waals surface area contributed by atoms with Gasteiger partial charge in [-0.3, -0.25) is 4.79 Å². The van der Waals surface area contributed by atoms with Crippen LogP contribution < -0.4 is 0 Å². The van der Waals surface area contributed by atoms with E-state index in [1.54, 1.807) is 4.90 Å². The Kier molecular flexibility index (Phi) is 7.00. The maximum Gasteiger partial charge on any atom is 0.233 e. The molecule has 0 aliphatic carbocycles. The van der Waals surface area contributed by atoms with E-state index in [2.05, 4.69) is 10.2 Å². The van der Waals surface area contributed by atoms with Crippen LogP contribution in [0.2, 0.25) is 0 Å². The molecule has 2 heterocycles. The summed E-state index contributed by atoms with van der Waals surface area (Å²) in [5.74, 6) is 1.46. The molecule has 1 amide bonds. The highest BCUT2D eigenvalue weighted by Crippen LogP contribution is 2.25. The maximum absolute atomic E-state index is 13.0. The number of amides is 1. The first kappa shape index (κ1) is 21.8. The average Bonchev–Trinajstić information content (AvgIpc) is 3.27. The highest BCUT2D eigenvalue weighted by atomic mass is 32.2. The van der Waals surface area contributed by atoms with Crippen molar-refractivity contribution >= 4 is 27.5 Å². The topological polar surface area (TPSA) is 85.2 Å². The molecule has 9 heteroatoms. The highest BCUT2D eigenvalue weighted by Gasteiger charge is 2.34. The summed E-state index contributed by atoms with van der Waals surface area (Å²) >= 11 is 1.36. The molecule has 0 N–H and O–H groups in total. The first-order valence-corrected chi connectivity index (χ1v) is 12.7. The third-order valence-electron chi connectivity index (χ3n) is 4.92. The average molecular weight is 437 g/mol. The van der Waals surface area contributed by atoms with Gasteiger partial charge in [0.1, 0.15) is 0 Å². The largest absolute Gasteiger partial charge is 0.338 e. The summed E-state index contributed by atoms with van der Waals surface area (Å²) in [6.45, 7) is 7.36. The fourth-order valence-corrected chi connectivity index (χ4v) is 6.18. The second-order valence-electron chi connectivity index (χ2n) is 7.70.